The highest BCUT2D eigenvalue weighted by atomic mass is 32.2. The number of terminal acetylenes is 1. The minimum atomic E-state index is -3.45. The summed E-state index contributed by atoms with van der Waals surface area (Å²) in [5.41, 5.74) is 6.26. The van der Waals surface area contributed by atoms with Crippen LogP contribution in [0.15, 0.2) is 15.7 Å². The van der Waals surface area contributed by atoms with E-state index >= 15 is 0 Å². The standard InChI is InChI=1S/C10H14N2O2S2/c1-3-5-12(4-2)16(13,14)10-6-9(7-11)8-15-10/h1,6,8H,4-5,7,11H2,2H3. The Labute approximate surface area is 100 Å². The van der Waals surface area contributed by atoms with E-state index in [1.165, 1.54) is 15.6 Å². The van der Waals surface area contributed by atoms with Crippen molar-refractivity contribution in [2.24, 2.45) is 5.73 Å². The summed E-state index contributed by atoms with van der Waals surface area (Å²) in [5.74, 6) is 2.34. The van der Waals surface area contributed by atoms with Crippen molar-refractivity contribution < 1.29 is 8.42 Å². The zero-order valence-electron chi connectivity index (χ0n) is 9.01. The molecule has 1 rings (SSSR count). The van der Waals surface area contributed by atoms with Crippen LogP contribution in [0.4, 0.5) is 0 Å². The molecule has 0 unspecified atom stereocenters. The fourth-order valence-electron chi connectivity index (χ4n) is 1.19. The molecular weight excluding hydrogens is 244 g/mol. The average molecular weight is 258 g/mol. The minimum absolute atomic E-state index is 0.0920. The smallest absolute Gasteiger partial charge is 0.253 e. The third-order valence-corrected chi connectivity index (χ3v) is 5.46. The van der Waals surface area contributed by atoms with Crippen LogP contribution in [0.3, 0.4) is 0 Å². The second-order valence-corrected chi connectivity index (χ2v) is 6.19. The molecule has 88 valence electrons. The van der Waals surface area contributed by atoms with Crippen LogP contribution in [0.25, 0.3) is 0 Å². The zero-order chi connectivity index (χ0) is 12.2. The monoisotopic (exact) mass is 258 g/mol. The van der Waals surface area contributed by atoms with Crippen molar-refractivity contribution >= 4 is 21.4 Å². The van der Waals surface area contributed by atoms with E-state index in [1.54, 1.807) is 18.4 Å². The lowest BCUT2D eigenvalue weighted by molar-refractivity contribution is 0.466. The lowest BCUT2D eigenvalue weighted by atomic mass is 10.4. The average Bonchev–Trinajstić information content (AvgIpc) is 2.74. The maximum Gasteiger partial charge on any atom is 0.253 e. The molecule has 0 radical (unpaired) electrons. The zero-order valence-corrected chi connectivity index (χ0v) is 10.6. The highest BCUT2D eigenvalue weighted by Gasteiger charge is 2.23. The van der Waals surface area contributed by atoms with Crippen molar-refractivity contribution in [2.75, 3.05) is 13.1 Å². The van der Waals surface area contributed by atoms with Gasteiger partial charge in [0.05, 0.1) is 6.54 Å². The van der Waals surface area contributed by atoms with Gasteiger partial charge in [0.2, 0.25) is 0 Å². The number of nitrogens with zero attached hydrogens (tertiary/aromatic N) is 1. The predicted molar refractivity (Wildman–Crippen MR) is 65.5 cm³/mol. The van der Waals surface area contributed by atoms with E-state index in [0.29, 0.717) is 17.3 Å². The Balaban J connectivity index is 3.05. The molecule has 1 aromatic rings. The molecule has 0 aromatic carbocycles. The van der Waals surface area contributed by atoms with Crippen molar-refractivity contribution in [3.05, 3.63) is 17.0 Å². The van der Waals surface area contributed by atoms with Crippen molar-refractivity contribution in [1.82, 2.24) is 4.31 Å². The Kier molecular flexibility index (Phi) is 4.50. The van der Waals surface area contributed by atoms with E-state index in [9.17, 15) is 8.42 Å². The largest absolute Gasteiger partial charge is 0.326 e. The molecule has 0 saturated carbocycles. The summed E-state index contributed by atoms with van der Waals surface area (Å²) in [7, 11) is -3.45. The molecule has 0 aliphatic rings. The molecule has 0 aliphatic carbocycles. The number of rotatable bonds is 5. The quantitative estimate of drug-likeness (QED) is 0.796. The molecule has 0 saturated heterocycles. The summed E-state index contributed by atoms with van der Waals surface area (Å²) in [5, 5.41) is 1.75. The summed E-state index contributed by atoms with van der Waals surface area (Å²) in [4.78, 5) is 0. The van der Waals surface area contributed by atoms with Crippen LogP contribution >= 0.6 is 11.3 Å². The molecule has 0 fully saturated rings. The third-order valence-electron chi connectivity index (χ3n) is 2.08. The topological polar surface area (TPSA) is 63.4 Å². The van der Waals surface area contributed by atoms with Gasteiger partial charge < -0.3 is 5.73 Å². The Hall–Kier alpha value is -0.870. The Bertz CT molecular complexity index is 485. The number of hydrogen-bond donors (Lipinski definition) is 1. The van der Waals surface area contributed by atoms with Crippen LogP contribution in [0.5, 0.6) is 0 Å². The van der Waals surface area contributed by atoms with Gasteiger partial charge in [-0.05, 0) is 17.0 Å². The van der Waals surface area contributed by atoms with E-state index in [1.807, 2.05) is 0 Å². The van der Waals surface area contributed by atoms with Gasteiger partial charge in [-0.3, -0.25) is 0 Å². The molecule has 6 heteroatoms. The van der Waals surface area contributed by atoms with Crippen molar-refractivity contribution in [2.45, 2.75) is 17.7 Å². The second-order valence-electron chi connectivity index (χ2n) is 3.11. The predicted octanol–water partition coefficient (Wildman–Crippen LogP) is 0.851. The van der Waals surface area contributed by atoms with Gasteiger partial charge in [-0.25, -0.2) is 8.42 Å². The summed E-state index contributed by atoms with van der Waals surface area (Å²) in [6, 6.07) is 1.60. The fraction of sp³-hybridized carbons (Fsp3) is 0.400. The molecular formula is C10H14N2O2S2. The van der Waals surface area contributed by atoms with Crippen LogP contribution in [0.2, 0.25) is 0 Å². The molecule has 2 N–H and O–H groups in total. The maximum atomic E-state index is 12.1. The summed E-state index contributed by atoms with van der Waals surface area (Å²) in [6.07, 6.45) is 5.14. The molecule has 1 aromatic heterocycles. The number of nitrogens with two attached hydrogens (primary N) is 1. The maximum absolute atomic E-state index is 12.1. The molecule has 16 heavy (non-hydrogen) atoms. The molecule has 0 spiro atoms. The normalized spacial score (nSPS) is 11.6. The summed E-state index contributed by atoms with van der Waals surface area (Å²) in [6.45, 7) is 2.55. The lowest BCUT2D eigenvalue weighted by Gasteiger charge is -2.16. The van der Waals surface area contributed by atoms with Gasteiger partial charge in [-0.1, -0.05) is 12.8 Å². The van der Waals surface area contributed by atoms with Gasteiger partial charge in [0.15, 0.2) is 0 Å². The second kappa shape index (κ2) is 5.46. The van der Waals surface area contributed by atoms with E-state index in [2.05, 4.69) is 5.92 Å². The summed E-state index contributed by atoms with van der Waals surface area (Å²) >= 11 is 1.17. The summed E-state index contributed by atoms with van der Waals surface area (Å²) < 4.78 is 25.7. The Morgan fingerprint density at radius 2 is 2.31 bits per heavy atom. The first-order valence-electron chi connectivity index (χ1n) is 4.77. The molecule has 0 atom stereocenters. The number of sulfonamides is 1. The SMILES string of the molecule is C#CCN(CC)S(=O)(=O)c1cc(CN)cs1. The lowest BCUT2D eigenvalue weighted by Crippen LogP contribution is -2.30. The molecule has 4 nitrogen and oxygen atoms in total. The highest BCUT2D eigenvalue weighted by molar-refractivity contribution is 7.91. The van der Waals surface area contributed by atoms with E-state index in [0.717, 1.165) is 5.56 Å². The third kappa shape index (κ3) is 2.62. The van der Waals surface area contributed by atoms with E-state index in [-0.39, 0.29) is 6.54 Å². The highest BCUT2D eigenvalue weighted by Crippen LogP contribution is 2.23. The Morgan fingerprint density at radius 3 is 2.75 bits per heavy atom. The Morgan fingerprint density at radius 1 is 1.62 bits per heavy atom. The van der Waals surface area contributed by atoms with E-state index in [4.69, 9.17) is 12.2 Å². The van der Waals surface area contributed by atoms with Crippen molar-refractivity contribution in [3.8, 4) is 12.3 Å². The molecule has 0 amide bonds. The van der Waals surface area contributed by atoms with Crippen molar-refractivity contribution in [3.63, 3.8) is 0 Å². The van der Waals surface area contributed by atoms with Gasteiger partial charge >= 0.3 is 0 Å². The van der Waals surface area contributed by atoms with Gasteiger partial charge in [0.1, 0.15) is 4.21 Å². The first-order valence-corrected chi connectivity index (χ1v) is 7.09. The number of hydrogen-bond acceptors (Lipinski definition) is 4. The first kappa shape index (κ1) is 13.2. The van der Waals surface area contributed by atoms with Gasteiger partial charge in [-0.2, -0.15) is 4.31 Å². The molecule has 0 bridgehead atoms. The minimum Gasteiger partial charge on any atom is -0.326 e. The number of thiophene rings is 1. The fourth-order valence-corrected chi connectivity index (χ4v) is 3.93. The van der Waals surface area contributed by atoms with Gasteiger partial charge in [-0.15, -0.1) is 17.8 Å². The molecule has 1 heterocycles. The first-order chi connectivity index (χ1) is 7.56. The van der Waals surface area contributed by atoms with Crippen LogP contribution in [0, 0.1) is 12.3 Å². The van der Waals surface area contributed by atoms with Crippen LogP contribution in [-0.2, 0) is 16.6 Å². The van der Waals surface area contributed by atoms with Gasteiger partial charge in [0.25, 0.3) is 10.0 Å². The van der Waals surface area contributed by atoms with Crippen molar-refractivity contribution in [1.29, 1.82) is 0 Å². The van der Waals surface area contributed by atoms with Crippen LogP contribution in [0.1, 0.15) is 12.5 Å². The van der Waals surface area contributed by atoms with E-state index < -0.39 is 10.0 Å². The molecule has 0 aliphatic heterocycles. The van der Waals surface area contributed by atoms with Gasteiger partial charge in [0, 0.05) is 13.1 Å². The van der Waals surface area contributed by atoms with Crippen LogP contribution < -0.4 is 5.73 Å². The van der Waals surface area contributed by atoms with Crippen LogP contribution in [-0.4, -0.2) is 25.8 Å².